The number of ether oxygens (including phenoxy) is 1. The van der Waals surface area contributed by atoms with Crippen LogP contribution in [0.5, 0.6) is 0 Å². The SMILES string of the molecule is NC(=O)C1(CC(C=O)N2CCCC3OCC(=O)C32)CCCCC1. The first-order valence-corrected chi connectivity index (χ1v) is 8.73. The number of hydrogen-bond acceptors (Lipinski definition) is 5. The zero-order valence-electron chi connectivity index (χ0n) is 13.5. The number of likely N-dealkylation sites (tertiary alicyclic amines) is 1. The number of nitrogens with two attached hydrogens (primary N) is 1. The van der Waals surface area contributed by atoms with Crippen molar-refractivity contribution in [1.82, 2.24) is 4.90 Å². The summed E-state index contributed by atoms with van der Waals surface area (Å²) in [5, 5.41) is 0. The summed E-state index contributed by atoms with van der Waals surface area (Å²) in [5.41, 5.74) is 5.11. The molecule has 1 saturated carbocycles. The zero-order chi connectivity index (χ0) is 16.4. The predicted octanol–water partition coefficient (Wildman–Crippen LogP) is 0.812. The molecule has 2 N–H and O–H groups in total. The summed E-state index contributed by atoms with van der Waals surface area (Å²) in [6.45, 7) is 0.840. The van der Waals surface area contributed by atoms with Gasteiger partial charge in [0.15, 0.2) is 5.78 Å². The van der Waals surface area contributed by atoms with Crippen molar-refractivity contribution in [3.05, 3.63) is 0 Å². The molecule has 0 radical (unpaired) electrons. The summed E-state index contributed by atoms with van der Waals surface area (Å²) in [6.07, 6.45) is 7.55. The van der Waals surface area contributed by atoms with Crippen LogP contribution in [0.25, 0.3) is 0 Å². The molecule has 1 aliphatic carbocycles. The Hall–Kier alpha value is -1.27. The van der Waals surface area contributed by atoms with Crippen molar-refractivity contribution in [1.29, 1.82) is 0 Å². The number of Topliss-reactive ketones (excluding diaryl/α,β-unsaturated/α-hetero) is 1. The number of primary amides is 1. The van der Waals surface area contributed by atoms with Gasteiger partial charge in [0.25, 0.3) is 0 Å². The Labute approximate surface area is 136 Å². The number of piperidine rings is 1. The van der Waals surface area contributed by atoms with Gasteiger partial charge in [0.05, 0.1) is 23.6 Å². The highest BCUT2D eigenvalue weighted by molar-refractivity contribution is 5.88. The number of carbonyl (C=O) groups is 3. The van der Waals surface area contributed by atoms with Gasteiger partial charge in [-0.1, -0.05) is 19.3 Å². The molecule has 3 atom stereocenters. The van der Waals surface area contributed by atoms with Gasteiger partial charge in [-0.2, -0.15) is 0 Å². The highest BCUT2D eigenvalue weighted by Crippen LogP contribution is 2.41. The van der Waals surface area contributed by atoms with E-state index in [1.165, 1.54) is 0 Å². The first-order chi connectivity index (χ1) is 11.1. The molecule has 6 nitrogen and oxygen atoms in total. The fourth-order valence-electron chi connectivity index (χ4n) is 4.62. The average Bonchev–Trinajstić information content (AvgIpc) is 2.95. The Morgan fingerprint density at radius 2 is 2.09 bits per heavy atom. The van der Waals surface area contributed by atoms with Gasteiger partial charge in [-0.15, -0.1) is 0 Å². The minimum atomic E-state index is -0.598. The number of carbonyl (C=O) groups excluding carboxylic acids is 3. The molecule has 0 aromatic heterocycles. The number of nitrogens with zero attached hydrogens (tertiary/aromatic N) is 1. The second kappa shape index (κ2) is 6.69. The number of amides is 1. The van der Waals surface area contributed by atoms with Gasteiger partial charge < -0.3 is 15.3 Å². The Bertz CT molecular complexity index is 487. The first kappa shape index (κ1) is 16.6. The lowest BCUT2D eigenvalue weighted by Gasteiger charge is -2.43. The molecule has 0 aromatic rings. The molecule has 3 fully saturated rings. The van der Waals surface area contributed by atoms with E-state index in [9.17, 15) is 14.4 Å². The highest BCUT2D eigenvalue weighted by Gasteiger charge is 2.47. The molecule has 3 aliphatic rings. The summed E-state index contributed by atoms with van der Waals surface area (Å²) in [6, 6.07) is -0.758. The Morgan fingerprint density at radius 1 is 1.35 bits per heavy atom. The molecule has 0 spiro atoms. The van der Waals surface area contributed by atoms with Gasteiger partial charge in [0.2, 0.25) is 5.91 Å². The highest BCUT2D eigenvalue weighted by atomic mass is 16.5. The summed E-state index contributed by atoms with van der Waals surface area (Å²) in [5.74, 6) is -0.245. The van der Waals surface area contributed by atoms with E-state index in [0.717, 1.165) is 51.2 Å². The predicted molar refractivity (Wildman–Crippen MR) is 83.7 cm³/mol. The molecule has 2 saturated heterocycles. The van der Waals surface area contributed by atoms with Gasteiger partial charge in [-0.3, -0.25) is 14.5 Å². The first-order valence-electron chi connectivity index (χ1n) is 8.73. The quantitative estimate of drug-likeness (QED) is 0.757. The Balaban J connectivity index is 1.79. The third-order valence-corrected chi connectivity index (χ3v) is 5.90. The number of fused-ring (bicyclic) bond motifs is 1. The van der Waals surface area contributed by atoms with Crippen LogP contribution in [-0.2, 0) is 19.1 Å². The van der Waals surface area contributed by atoms with Crippen molar-refractivity contribution in [3.63, 3.8) is 0 Å². The van der Waals surface area contributed by atoms with E-state index in [1.807, 2.05) is 4.90 Å². The van der Waals surface area contributed by atoms with Crippen LogP contribution >= 0.6 is 0 Å². The standard InChI is InChI=1S/C17H26N2O4/c18-16(22)17(6-2-1-3-7-17)9-12(10-20)19-8-4-5-14-15(19)13(21)11-23-14/h10,12,14-15H,1-9,11H2,(H2,18,22). The van der Waals surface area contributed by atoms with Crippen LogP contribution in [0.15, 0.2) is 0 Å². The van der Waals surface area contributed by atoms with Crippen molar-refractivity contribution in [2.45, 2.75) is 69.6 Å². The van der Waals surface area contributed by atoms with Crippen molar-refractivity contribution in [3.8, 4) is 0 Å². The van der Waals surface area contributed by atoms with Crippen molar-refractivity contribution >= 4 is 18.0 Å². The van der Waals surface area contributed by atoms with E-state index in [0.29, 0.717) is 13.0 Å². The summed E-state index contributed by atoms with van der Waals surface area (Å²) in [4.78, 5) is 38.0. The van der Waals surface area contributed by atoms with Crippen molar-refractivity contribution < 1.29 is 19.1 Å². The van der Waals surface area contributed by atoms with E-state index < -0.39 is 11.5 Å². The van der Waals surface area contributed by atoms with Crippen molar-refractivity contribution in [2.24, 2.45) is 11.1 Å². The lowest BCUT2D eigenvalue weighted by Crippen LogP contribution is -2.56. The van der Waals surface area contributed by atoms with E-state index in [-0.39, 0.29) is 30.4 Å². The minimum Gasteiger partial charge on any atom is -0.369 e. The van der Waals surface area contributed by atoms with Crippen LogP contribution in [0.4, 0.5) is 0 Å². The van der Waals surface area contributed by atoms with E-state index in [1.54, 1.807) is 0 Å². The second-order valence-electron chi connectivity index (χ2n) is 7.25. The molecular weight excluding hydrogens is 296 g/mol. The van der Waals surface area contributed by atoms with Crippen LogP contribution in [0, 0.1) is 5.41 Å². The van der Waals surface area contributed by atoms with E-state index >= 15 is 0 Å². The lowest BCUT2D eigenvalue weighted by atomic mass is 9.69. The Kier molecular flexibility index (Phi) is 4.82. The monoisotopic (exact) mass is 322 g/mol. The molecule has 1 amide bonds. The number of hydrogen-bond donors (Lipinski definition) is 1. The number of rotatable bonds is 5. The maximum absolute atomic E-state index is 12.2. The summed E-state index contributed by atoms with van der Waals surface area (Å²) >= 11 is 0. The molecule has 0 aromatic carbocycles. The maximum atomic E-state index is 12.2. The smallest absolute Gasteiger partial charge is 0.223 e. The molecule has 2 heterocycles. The molecule has 6 heteroatoms. The minimum absolute atomic E-state index is 0.0540. The van der Waals surface area contributed by atoms with Crippen LogP contribution in [-0.4, -0.2) is 54.2 Å². The average molecular weight is 322 g/mol. The molecule has 3 unspecified atom stereocenters. The molecule has 23 heavy (non-hydrogen) atoms. The van der Waals surface area contributed by atoms with E-state index in [2.05, 4.69) is 0 Å². The topological polar surface area (TPSA) is 89.7 Å². The number of ketones is 1. The van der Waals surface area contributed by atoms with Gasteiger partial charge in [-0.05, 0) is 38.6 Å². The van der Waals surface area contributed by atoms with Gasteiger partial charge >= 0.3 is 0 Å². The molecule has 3 rings (SSSR count). The fourth-order valence-corrected chi connectivity index (χ4v) is 4.62. The van der Waals surface area contributed by atoms with E-state index in [4.69, 9.17) is 10.5 Å². The third-order valence-electron chi connectivity index (χ3n) is 5.90. The molecule has 128 valence electrons. The fraction of sp³-hybridized carbons (Fsp3) is 0.824. The normalized spacial score (nSPS) is 32.3. The van der Waals surface area contributed by atoms with Gasteiger partial charge in [-0.25, -0.2) is 0 Å². The molecular formula is C17H26N2O4. The number of aldehydes is 1. The Morgan fingerprint density at radius 3 is 2.74 bits per heavy atom. The van der Waals surface area contributed by atoms with Crippen LogP contribution in [0.1, 0.15) is 51.4 Å². The van der Waals surface area contributed by atoms with Gasteiger partial charge in [0.1, 0.15) is 12.9 Å². The van der Waals surface area contributed by atoms with Crippen molar-refractivity contribution in [2.75, 3.05) is 13.2 Å². The zero-order valence-corrected chi connectivity index (χ0v) is 13.5. The molecule has 0 bridgehead atoms. The summed E-state index contributed by atoms with van der Waals surface area (Å²) in [7, 11) is 0. The third kappa shape index (κ3) is 3.06. The summed E-state index contributed by atoms with van der Waals surface area (Å²) < 4.78 is 5.56. The second-order valence-corrected chi connectivity index (χ2v) is 7.25. The maximum Gasteiger partial charge on any atom is 0.223 e. The lowest BCUT2D eigenvalue weighted by molar-refractivity contribution is -0.133. The van der Waals surface area contributed by atoms with Crippen LogP contribution < -0.4 is 5.73 Å². The van der Waals surface area contributed by atoms with Crippen LogP contribution in [0.3, 0.4) is 0 Å². The van der Waals surface area contributed by atoms with Crippen LogP contribution in [0.2, 0.25) is 0 Å². The molecule has 2 aliphatic heterocycles. The van der Waals surface area contributed by atoms with Gasteiger partial charge in [0, 0.05) is 0 Å². The largest absolute Gasteiger partial charge is 0.369 e.